The van der Waals surface area contributed by atoms with Gasteiger partial charge in [-0.05, 0) is 33.4 Å². The first-order chi connectivity index (χ1) is 7.57. The molecule has 7 heteroatoms. The molecule has 1 aliphatic rings. The highest BCUT2D eigenvalue weighted by atomic mass is 35.5. The van der Waals surface area contributed by atoms with Gasteiger partial charge in [-0.3, -0.25) is 0 Å². The van der Waals surface area contributed by atoms with Crippen molar-refractivity contribution >= 4 is 22.4 Å². The Hall–Kier alpha value is 0.120. The normalized spacial score (nSPS) is 22.1. The molecule has 104 valence electrons. The Morgan fingerprint density at radius 2 is 2.12 bits per heavy atom. The van der Waals surface area contributed by atoms with E-state index < -0.39 is 10.0 Å². The summed E-state index contributed by atoms with van der Waals surface area (Å²) in [6.07, 6.45) is 2.40. The number of hydrogen-bond donors (Lipinski definition) is 2. The van der Waals surface area contributed by atoms with Crippen molar-refractivity contribution in [3.05, 3.63) is 0 Å². The van der Waals surface area contributed by atoms with Crippen molar-refractivity contribution in [3.8, 4) is 0 Å². The molecule has 17 heavy (non-hydrogen) atoms. The third-order valence-electron chi connectivity index (χ3n) is 3.04. The van der Waals surface area contributed by atoms with Gasteiger partial charge in [0, 0.05) is 25.7 Å². The first kappa shape index (κ1) is 17.1. The summed E-state index contributed by atoms with van der Waals surface area (Å²) >= 11 is 0. The summed E-state index contributed by atoms with van der Waals surface area (Å²) in [5.41, 5.74) is 0. The van der Waals surface area contributed by atoms with Crippen LogP contribution in [-0.2, 0) is 10.0 Å². The van der Waals surface area contributed by atoms with Crippen LogP contribution < -0.4 is 10.0 Å². The molecule has 1 rings (SSSR count). The van der Waals surface area contributed by atoms with Crippen molar-refractivity contribution < 1.29 is 8.42 Å². The van der Waals surface area contributed by atoms with E-state index in [-0.39, 0.29) is 18.2 Å². The van der Waals surface area contributed by atoms with Gasteiger partial charge < -0.3 is 10.2 Å². The number of nitrogens with one attached hydrogen (secondary N) is 2. The number of hydrogen-bond acceptors (Lipinski definition) is 4. The lowest BCUT2D eigenvalue weighted by atomic mass is 10.1. The number of piperidine rings is 1. The lowest BCUT2D eigenvalue weighted by Crippen LogP contribution is -2.46. The van der Waals surface area contributed by atoms with Crippen LogP contribution in [-0.4, -0.2) is 58.3 Å². The second-order valence-corrected chi connectivity index (χ2v) is 6.32. The first-order valence-corrected chi connectivity index (χ1v) is 7.59. The monoisotopic (exact) mass is 285 g/mol. The lowest BCUT2D eigenvalue weighted by Gasteiger charge is -2.32. The van der Waals surface area contributed by atoms with Crippen LogP contribution in [0.3, 0.4) is 0 Å². The fourth-order valence-electron chi connectivity index (χ4n) is 1.96. The van der Waals surface area contributed by atoms with Crippen molar-refractivity contribution in [2.75, 3.05) is 39.0 Å². The summed E-state index contributed by atoms with van der Waals surface area (Å²) in [5, 5.41) is 3.27. The summed E-state index contributed by atoms with van der Waals surface area (Å²) < 4.78 is 25.0. The van der Waals surface area contributed by atoms with Gasteiger partial charge in [-0.2, -0.15) is 0 Å². The molecule has 0 aromatic heterocycles. The maximum absolute atomic E-state index is 11.2. The minimum Gasteiger partial charge on any atom is -0.316 e. The number of halogens is 1. The second kappa shape index (κ2) is 8.26. The Morgan fingerprint density at radius 3 is 2.71 bits per heavy atom. The summed E-state index contributed by atoms with van der Waals surface area (Å²) in [6, 6.07) is 0.552. The van der Waals surface area contributed by atoms with E-state index in [4.69, 9.17) is 0 Å². The highest BCUT2D eigenvalue weighted by Crippen LogP contribution is 2.08. The van der Waals surface area contributed by atoms with Crippen LogP contribution in [0.2, 0.25) is 0 Å². The van der Waals surface area contributed by atoms with Crippen LogP contribution >= 0.6 is 12.4 Å². The van der Waals surface area contributed by atoms with Crippen molar-refractivity contribution in [3.63, 3.8) is 0 Å². The Bertz CT molecular complexity index is 298. The molecule has 0 radical (unpaired) electrons. The Balaban J connectivity index is 0.00000256. The van der Waals surface area contributed by atoms with E-state index in [0.29, 0.717) is 12.6 Å². The van der Waals surface area contributed by atoms with Crippen molar-refractivity contribution in [2.24, 2.45) is 0 Å². The van der Waals surface area contributed by atoms with E-state index in [1.54, 1.807) is 6.92 Å². The number of sulfonamides is 1. The third kappa shape index (κ3) is 6.57. The maximum atomic E-state index is 11.2. The van der Waals surface area contributed by atoms with Gasteiger partial charge in [0.05, 0.1) is 5.75 Å². The molecular weight excluding hydrogens is 262 g/mol. The molecule has 0 bridgehead atoms. The molecule has 0 saturated carbocycles. The van der Waals surface area contributed by atoms with Crippen molar-refractivity contribution in [1.29, 1.82) is 0 Å². The maximum Gasteiger partial charge on any atom is 0.211 e. The van der Waals surface area contributed by atoms with Gasteiger partial charge in [-0.15, -0.1) is 12.4 Å². The number of rotatable bonds is 6. The zero-order chi connectivity index (χ0) is 12.0. The fourth-order valence-corrected chi connectivity index (χ4v) is 2.56. The van der Waals surface area contributed by atoms with Gasteiger partial charge in [0.1, 0.15) is 0 Å². The van der Waals surface area contributed by atoms with E-state index in [9.17, 15) is 8.42 Å². The fraction of sp³-hybridized carbons (Fsp3) is 1.00. The quantitative estimate of drug-likeness (QED) is 0.723. The molecule has 1 heterocycles. The molecular formula is C10H24ClN3O2S. The van der Waals surface area contributed by atoms with E-state index in [2.05, 4.69) is 14.9 Å². The number of likely N-dealkylation sites (tertiary alicyclic amines) is 1. The third-order valence-corrected chi connectivity index (χ3v) is 4.45. The molecule has 1 atom stereocenters. The molecule has 0 aromatic carbocycles. The van der Waals surface area contributed by atoms with Crippen LogP contribution in [0, 0.1) is 0 Å². The lowest BCUT2D eigenvalue weighted by molar-refractivity contribution is 0.198. The van der Waals surface area contributed by atoms with Gasteiger partial charge in [0.2, 0.25) is 10.0 Å². The van der Waals surface area contributed by atoms with Gasteiger partial charge in [0.25, 0.3) is 0 Å². The minimum atomic E-state index is -3.03. The Kier molecular flexibility index (Phi) is 8.32. The largest absolute Gasteiger partial charge is 0.316 e. The van der Waals surface area contributed by atoms with Crippen LogP contribution in [0.25, 0.3) is 0 Å². The molecule has 0 aromatic rings. The number of likely N-dealkylation sites (N-methyl/N-ethyl adjacent to an activating group) is 1. The van der Waals surface area contributed by atoms with Gasteiger partial charge in [-0.1, -0.05) is 0 Å². The zero-order valence-corrected chi connectivity index (χ0v) is 12.2. The van der Waals surface area contributed by atoms with Gasteiger partial charge in [0.15, 0.2) is 0 Å². The van der Waals surface area contributed by atoms with Crippen molar-refractivity contribution in [1.82, 2.24) is 14.9 Å². The molecule has 1 fully saturated rings. The topological polar surface area (TPSA) is 61.4 Å². The smallest absolute Gasteiger partial charge is 0.211 e. The molecule has 1 unspecified atom stereocenters. The van der Waals surface area contributed by atoms with Gasteiger partial charge in [-0.25, -0.2) is 13.1 Å². The standard InChI is InChI=1S/C10H23N3O2S.ClH/c1-3-16(14,15)12-6-8-13-7-4-5-10(9-13)11-2;/h10-12H,3-9H2,1-2H3;1H. The molecule has 5 nitrogen and oxygen atoms in total. The van der Waals surface area contributed by atoms with E-state index in [1.807, 2.05) is 7.05 Å². The predicted molar refractivity (Wildman–Crippen MR) is 73.2 cm³/mol. The highest BCUT2D eigenvalue weighted by Gasteiger charge is 2.18. The van der Waals surface area contributed by atoms with Crippen LogP contribution in [0.15, 0.2) is 0 Å². The van der Waals surface area contributed by atoms with Crippen molar-refractivity contribution in [2.45, 2.75) is 25.8 Å². The zero-order valence-electron chi connectivity index (χ0n) is 10.6. The number of nitrogens with zero attached hydrogens (tertiary/aromatic N) is 1. The second-order valence-electron chi connectivity index (χ2n) is 4.23. The average molecular weight is 286 g/mol. The Morgan fingerprint density at radius 1 is 1.41 bits per heavy atom. The van der Waals surface area contributed by atoms with Crippen LogP contribution in [0.4, 0.5) is 0 Å². The predicted octanol–water partition coefficient (Wildman–Crippen LogP) is 0.0313. The molecule has 0 spiro atoms. The molecule has 0 aliphatic carbocycles. The van der Waals surface area contributed by atoms with E-state index in [1.165, 1.54) is 12.8 Å². The molecule has 1 saturated heterocycles. The van der Waals surface area contributed by atoms with E-state index in [0.717, 1.165) is 19.6 Å². The Labute approximate surface area is 111 Å². The summed E-state index contributed by atoms with van der Waals surface area (Å²) in [5.74, 6) is 0.159. The summed E-state index contributed by atoms with van der Waals surface area (Å²) in [6.45, 7) is 5.07. The summed E-state index contributed by atoms with van der Waals surface area (Å²) in [4.78, 5) is 2.31. The molecule has 1 aliphatic heterocycles. The molecule has 0 amide bonds. The van der Waals surface area contributed by atoms with Crippen LogP contribution in [0.1, 0.15) is 19.8 Å². The minimum absolute atomic E-state index is 0. The van der Waals surface area contributed by atoms with E-state index >= 15 is 0 Å². The highest BCUT2D eigenvalue weighted by molar-refractivity contribution is 7.89. The molecule has 2 N–H and O–H groups in total. The summed E-state index contributed by atoms with van der Waals surface area (Å²) in [7, 11) is -1.05. The first-order valence-electron chi connectivity index (χ1n) is 5.94. The SMILES string of the molecule is CCS(=O)(=O)NCCN1CCCC(NC)C1.Cl. The van der Waals surface area contributed by atoms with Gasteiger partial charge >= 0.3 is 0 Å². The van der Waals surface area contributed by atoms with Crippen LogP contribution in [0.5, 0.6) is 0 Å². The average Bonchev–Trinajstić information content (AvgIpc) is 2.29.